The lowest BCUT2D eigenvalue weighted by molar-refractivity contribution is -0.146. The van der Waals surface area contributed by atoms with Crippen LogP contribution in [-0.4, -0.2) is 81.1 Å². The highest BCUT2D eigenvalue weighted by atomic mass is 35.5. The molecule has 3 atom stereocenters. The fourth-order valence-electron chi connectivity index (χ4n) is 5.46. The summed E-state index contributed by atoms with van der Waals surface area (Å²) in [4.78, 5) is 15.0. The van der Waals surface area contributed by atoms with Gasteiger partial charge in [-0.1, -0.05) is 23.7 Å². The van der Waals surface area contributed by atoms with Gasteiger partial charge in [-0.3, -0.25) is 0 Å². The number of hydrogen-bond acceptors (Lipinski definition) is 5. The van der Waals surface area contributed by atoms with Gasteiger partial charge >= 0.3 is 6.03 Å². The molecule has 2 amide bonds. The van der Waals surface area contributed by atoms with E-state index >= 15 is 0 Å². The van der Waals surface area contributed by atoms with Crippen molar-refractivity contribution >= 4 is 17.6 Å². The molecule has 1 saturated carbocycles. The third-order valence-corrected chi connectivity index (χ3v) is 7.83. The highest BCUT2D eigenvalue weighted by molar-refractivity contribution is 6.30. The van der Waals surface area contributed by atoms with Gasteiger partial charge in [0, 0.05) is 50.7 Å². The highest BCUT2D eigenvalue weighted by Gasteiger charge is 2.43. The van der Waals surface area contributed by atoms with Gasteiger partial charge in [0.25, 0.3) is 0 Å². The molecule has 7 nitrogen and oxygen atoms in total. The molecule has 1 aromatic carbocycles. The van der Waals surface area contributed by atoms with Crippen LogP contribution in [0.15, 0.2) is 24.3 Å². The summed E-state index contributed by atoms with van der Waals surface area (Å²) in [6.45, 7) is 2.07. The van der Waals surface area contributed by atoms with Crippen LogP contribution in [-0.2, 0) is 15.1 Å². The zero-order valence-corrected chi connectivity index (χ0v) is 22.7. The Hall–Kier alpha value is -1.52. The maximum absolute atomic E-state index is 13.6. The summed E-state index contributed by atoms with van der Waals surface area (Å²) >= 11 is 6.24. The van der Waals surface area contributed by atoms with E-state index in [1.165, 1.54) is 0 Å². The number of aliphatic hydroxyl groups is 1. The lowest BCUT2D eigenvalue weighted by atomic mass is 9.82. The summed E-state index contributed by atoms with van der Waals surface area (Å²) in [6, 6.07) is 6.74. The molecule has 3 rings (SSSR count). The topological polar surface area (TPSA) is 83.1 Å². The van der Waals surface area contributed by atoms with E-state index < -0.39 is 17.6 Å². The monoisotopic (exact) mass is 545 g/mol. The number of rotatable bonds is 12. The minimum absolute atomic E-state index is 0.0878. The Morgan fingerprint density at radius 1 is 1.35 bits per heavy atom. The number of nitrogens with one attached hydrogen (secondary N) is 2. The molecule has 0 aromatic heterocycles. The maximum atomic E-state index is 13.6. The molecule has 0 spiro atoms. The third kappa shape index (κ3) is 8.75. The number of hydrogen-bond donors (Lipinski definition) is 3. The molecule has 210 valence electrons. The first kappa shape index (κ1) is 30.0. The van der Waals surface area contributed by atoms with Crippen molar-refractivity contribution in [3.05, 3.63) is 34.9 Å². The molecular weight excluding hydrogens is 504 g/mol. The maximum Gasteiger partial charge on any atom is 0.317 e. The van der Waals surface area contributed by atoms with Gasteiger partial charge in [-0.2, -0.15) is 0 Å². The van der Waals surface area contributed by atoms with Crippen molar-refractivity contribution in [1.82, 2.24) is 15.5 Å². The number of carbonyl (C=O) groups is 1. The summed E-state index contributed by atoms with van der Waals surface area (Å²) in [7, 11) is 3.46. The van der Waals surface area contributed by atoms with E-state index in [0.717, 1.165) is 6.42 Å². The quantitative estimate of drug-likeness (QED) is 0.335. The summed E-state index contributed by atoms with van der Waals surface area (Å²) in [5, 5.41) is 18.6. The van der Waals surface area contributed by atoms with Crippen molar-refractivity contribution < 1.29 is 28.2 Å². The Balaban J connectivity index is 1.66. The molecule has 0 radical (unpaired) electrons. The number of likely N-dealkylation sites (N-methyl/N-ethyl adjacent to an activating group) is 1. The van der Waals surface area contributed by atoms with Gasteiger partial charge in [0.1, 0.15) is 11.7 Å². The molecular formula is C27H42ClF2N3O4. The first-order valence-corrected chi connectivity index (χ1v) is 13.7. The first-order valence-electron chi connectivity index (χ1n) is 13.3. The number of morpholine rings is 1. The van der Waals surface area contributed by atoms with Crippen LogP contribution in [0.25, 0.3) is 0 Å². The zero-order chi connectivity index (χ0) is 26.9. The van der Waals surface area contributed by atoms with Crippen molar-refractivity contribution in [3.8, 4) is 0 Å². The summed E-state index contributed by atoms with van der Waals surface area (Å²) < 4.78 is 38.3. The number of unbranched alkanes of at least 4 members (excludes halogenated alkanes) is 1. The average molecular weight is 546 g/mol. The second-order valence-corrected chi connectivity index (χ2v) is 10.9. The predicted octanol–water partition coefficient (Wildman–Crippen LogP) is 4.56. The molecule has 3 N–H and O–H groups in total. The summed E-state index contributed by atoms with van der Waals surface area (Å²) in [5.74, 6) is -2.40. The van der Waals surface area contributed by atoms with Crippen LogP contribution < -0.4 is 10.6 Å². The van der Waals surface area contributed by atoms with Crippen LogP contribution in [0.3, 0.4) is 0 Å². The molecule has 1 heterocycles. The van der Waals surface area contributed by atoms with Gasteiger partial charge in [-0.05, 0) is 69.2 Å². The Bertz CT molecular complexity index is 855. The Morgan fingerprint density at radius 2 is 2.11 bits per heavy atom. The van der Waals surface area contributed by atoms with E-state index in [0.29, 0.717) is 69.0 Å². The molecule has 10 heteroatoms. The number of benzene rings is 1. The Morgan fingerprint density at radius 3 is 2.78 bits per heavy atom. The number of alkyl halides is 2. The Kier molecular flexibility index (Phi) is 11.4. The van der Waals surface area contributed by atoms with Crippen LogP contribution >= 0.6 is 11.6 Å². The number of nitrogens with zero attached hydrogens (tertiary/aromatic N) is 1. The first-order chi connectivity index (χ1) is 17.7. The lowest BCUT2D eigenvalue weighted by Crippen LogP contribution is -2.58. The van der Waals surface area contributed by atoms with Crippen molar-refractivity contribution in [1.29, 1.82) is 0 Å². The number of urea groups is 1. The van der Waals surface area contributed by atoms with Gasteiger partial charge in [-0.25, -0.2) is 13.6 Å². The van der Waals surface area contributed by atoms with Gasteiger partial charge in [0.05, 0.1) is 13.2 Å². The van der Waals surface area contributed by atoms with E-state index in [-0.39, 0.29) is 37.4 Å². The van der Waals surface area contributed by atoms with Crippen molar-refractivity contribution in [2.24, 2.45) is 5.92 Å². The average Bonchev–Trinajstić information content (AvgIpc) is 2.88. The summed E-state index contributed by atoms with van der Waals surface area (Å²) in [5.41, 5.74) is -0.665. The molecule has 1 saturated heterocycles. The molecule has 2 unspecified atom stereocenters. The zero-order valence-electron chi connectivity index (χ0n) is 22.0. The van der Waals surface area contributed by atoms with Crippen molar-refractivity contribution in [2.45, 2.75) is 75.0 Å². The number of amides is 2. The summed E-state index contributed by atoms with van der Waals surface area (Å²) in [6.07, 6.45) is 2.73. The normalized spacial score (nSPS) is 22.9. The van der Waals surface area contributed by atoms with Gasteiger partial charge in [0.2, 0.25) is 5.92 Å². The molecule has 1 aliphatic heterocycles. The highest BCUT2D eigenvalue weighted by Crippen LogP contribution is 2.38. The van der Waals surface area contributed by atoms with E-state index in [2.05, 4.69) is 10.6 Å². The smallest absolute Gasteiger partial charge is 0.317 e. The molecule has 1 aromatic rings. The number of methoxy groups -OCH3 is 1. The van der Waals surface area contributed by atoms with Crippen molar-refractivity contribution in [2.75, 3.05) is 47.0 Å². The van der Waals surface area contributed by atoms with Crippen LogP contribution in [0.5, 0.6) is 0 Å². The SMILES string of the molecule is CNC[C@H](CC1CCC(F)(F)CC1)NC(=O)N1CCOC(C(O)(CCCCOC)c2cccc(Cl)c2)C1. The van der Waals surface area contributed by atoms with Crippen molar-refractivity contribution in [3.63, 3.8) is 0 Å². The van der Waals surface area contributed by atoms with Crippen LogP contribution in [0.2, 0.25) is 5.02 Å². The standard InChI is InChI=1S/C27H42ClF2N3O4/c1-31-18-23(16-20-8-11-26(29,30)12-9-20)32-25(34)33-13-15-37-24(19-33)27(35,10-3-4-14-36-2)21-6-5-7-22(28)17-21/h5-7,17,20,23-24,31,35H,3-4,8-16,18-19H2,1-2H3,(H,32,34)/t23-,24?,27?/m0/s1. The second-order valence-electron chi connectivity index (χ2n) is 10.4. The van der Waals surface area contributed by atoms with Gasteiger partial charge in [0.15, 0.2) is 0 Å². The fourth-order valence-corrected chi connectivity index (χ4v) is 5.65. The van der Waals surface area contributed by atoms with Crippen LogP contribution in [0, 0.1) is 5.92 Å². The molecule has 2 aliphatic rings. The molecule has 0 bridgehead atoms. The number of halogens is 3. The minimum Gasteiger partial charge on any atom is -0.385 e. The van der Waals surface area contributed by atoms with E-state index in [1.807, 2.05) is 13.1 Å². The van der Waals surface area contributed by atoms with Crippen LogP contribution in [0.4, 0.5) is 13.6 Å². The number of carbonyl (C=O) groups excluding carboxylic acids is 1. The molecule has 2 fully saturated rings. The largest absolute Gasteiger partial charge is 0.385 e. The predicted molar refractivity (Wildman–Crippen MR) is 140 cm³/mol. The lowest BCUT2D eigenvalue weighted by Gasteiger charge is -2.43. The van der Waals surface area contributed by atoms with Gasteiger partial charge in [-0.15, -0.1) is 0 Å². The van der Waals surface area contributed by atoms with E-state index in [9.17, 15) is 18.7 Å². The molecule has 1 aliphatic carbocycles. The van der Waals surface area contributed by atoms with E-state index in [4.69, 9.17) is 21.1 Å². The number of ether oxygens (including phenoxy) is 2. The van der Waals surface area contributed by atoms with Crippen LogP contribution in [0.1, 0.15) is 56.9 Å². The third-order valence-electron chi connectivity index (χ3n) is 7.60. The molecule has 37 heavy (non-hydrogen) atoms. The second kappa shape index (κ2) is 14.0. The Labute approximate surface area is 224 Å². The minimum atomic E-state index is -2.57. The van der Waals surface area contributed by atoms with E-state index in [1.54, 1.807) is 30.2 Å². The fraction of sp³-hybridized carbons (Fsp3) is 0.741. The van der Waals surface area contributed by atoms with Gasteiger partial charge < -0.3 is 30.1 Å².